The minimum absolute atomic E-state index is 0.449. The number of nitriles is 1. The summed E-state index contributed by atoms with van der Waals surface area (Å²) in [4.78, 5) is 6.25. The number of anilines is 1. The van der Waals surface area contributed by atoms with Crippen molar-refractivity contribution in [2.75, 3.05) is 25.5 Å². The van der Waals surface area contributed by atoms with Crippen molar-refractivity contribution in [3.05, 3.63) is 24.0 Å². The molecule has 0 radical (unpaired) electrons. The third-order valence-electron chi connectivity index (χ3n) is 3.01. The van der Waals surface area contributed by atoms with Crippen molar-refractivity contribution in [3.8, 4) is 6.07 Å². The van der Waals surface area contributed by atoms with E-state index in [4.69, 9.17) is 5.26 Å². The Morgan fingerprint density at radius 2 is 2.35 bits per heavy atom. The van der Waals surface area contributed by atoms with Crippen LogP contribution < -0.4 is 5.32 Å². The number of aromatic nitrogens is 1. The third kappa shape index (κ3) is 4.41. The Kier molecular flexibility index (Phi) is 5.44. The molecular formula is C13H20N4. The summed E-state index contributed by atoms with van der Waals surface area (Å²) in [6.07, 6.45) is 2.81. The van der Waals surface area contributed by atoms with Gasteiger partial charge in [0.25, 0.3) is 0 Å². The van der Waals surface area contributed by atoms with Crippen LogP contribution in [0.2, 0.25) is 0 Å². The lowest BCUT2D eigenvalue weighted by molar-refractivity contribution is 0.261. The standard InChI is InChI=1S/C13H20N4/c1-4-11(2)17(3)8-7-16-12-5-6-15-13(9-12)10-14/h5-6,9,11H,4,7-8H2,1-3H3,(H,15,16). The highest BCUT2D eigenvalue weighted by atomic mass is 15.1. The number of rotatable bonds is 6. The summed E-state index contributed by atoms with van der Waals surface area (Å²) in [5.74, 6) is 0. The van der Waals surface area contributed by atoms with Crippen LogP contribution in [0.1, 0.15) is 26.0 Å². The second-order valence-electron chi connectivity index (χ2n) is 4.21. The molecule has 0 aromatic carbocycles. The molecule has 0 spiro atoms. The first kappa shape index (κ1) is 13.5. The quantitative estimate of drug-likeness (QED) is 0.816. The zero-order chi connectivity index (χ0) is 12.7. The number of pyridine rings is 1. The van der Waals surface area contributed by atoms with Crippen molar-refractivity contribution in [3.63, 3.8) is 0 Å². The molecule has 1 aromatic rings. The van der Waals surface area contributed by atoms with Gasteiger partial charge in [-0.3, -0.25) is 0 Å². The molecule has 0 saturated heterocycles. The zero-order valence-corrected chi connectivity index (χ0v) is 10.8. The Hall–Kier alpha value is -1.60. The van der Waals surface area contributed by atoms with Crippen LogP contribution in [-0.2, 0) is 0 Å². The van der Waals surface area contributed by atoms with Crippen molar-refractivity contribution >= 4 is 5.69 Å². The maximum Gasteiger partial charge on any atom is 0.142 e. The molecule has 1 atom stereocenters. The maximum atomic E-state index is 8.73. The minimum Gasteiger partial charge on any atom is -0.384 e. The second-order valence-corrected chi connectivity index (χ2v) is 4.21. The van der Waals surface area contributed by atoms with Gasteiger partial charge in [0, 0.05) is 31.0 Å². The smallest absolute Gasteiger partial charge is 0.142 e. The van der Waals surface area contributed by atoms with Crippen LogP contribution in [0.25, 0.3) is 0 Å². The molecular weight excluding hydrogens is 212 g/mol. The summed E-state index contributed by atoms with van der Waals surface area (Å²) in [6, 6.07) is 6.28. The van der Waals surface area contributed by atoms with Gasteiger partial charge in [-0.2, -0.15) is 5.26 Å². The summed E-state index contributed by atoms with van der Waals surface area (Å²) >= 11 is 0. The highest BCUT2D eigenvalue weighted by molar-refractivity contribution is 5.45. The van der Waals surface area contributed by atoms with Crippen LogP contribution in [0, 0.1) is 11.3 Å². The van der Waals surface area contributed by atoms with Crippen molar-refractivity contribution in [1.82, 2.24) is 9.88 Å². The molecule has 0 bridgehead atoms. The van der Waals surface area contributed by atoms with E-state index in [1.165, 1.54) is 0 Å². The van der Waals surface area contributed by atoms with E-state index in [-0.39, 0.29) is 0 Å². The lowest BCUT2D eigenvalue weighted by atomic mass is 10.2. The first-order chi connectivity index (χ1) is 8.17. The van der Waals surface area contributed by atoms with Crippen LogP contribution in [0.15, 0.2) is 18.3 Å². The lowest BCUT2D eigenvalue weighted by Gasteiger charge is -2.23. The van der Waals surface area contributed by atoms with Gasteiger partial charge < -0.3 is 10.2 Å². The van der Waals surface area contributed by atoms with E-state index in [2.05, 4.69) is 36.1 Å². The minimum atomic E-state index is 0.449. The average molecular weight is 232 g/mol. The molecule has 0 aliphatic rings. The van der Waals surface area contributed by atoms with Gasteiger partial charge in [0.05, 0.1) is 0 Å². The Morgan fingerprint density at radius 1 is 1.59 bits per heavy atom. The largest absolute Gasteiger partial charge is 0.384 e. The monoisotopic (exact) mass is 232 g/mol. The molecule has 1 rings (SSSR count). The van der Waals surface area contributed by atoms with Crippen molar-refractivity contribution in [2.24, 2.45) is 0 Å². The lowest BCUT2D eigenvalue weighted by Crippen LogP contribution is -2.32. The highest BCUT2D eigenvalue weighted by Crippen LogP contribution is 2.07. The Bertz CT molecular complexity index is 383. The molecule has 4 nitrogen and oxygen atoms in total. The van der Waals surface area contributed by atoms with Gasteiger partial charge in [-0.05, 0) is 32.5 Å². The fraction of sp³-hybridized carbons (Fsp3) is 0.538. The molecule has 1 unspecified atom stereocenters. The second kappa shape index (κ2) is 6.87. The molecule has 0 amide bonds. The van der Waals surface area contributed by atoms with E-state index < -0.39 is 0 Å². The van der Waals surface area contributed by atoms with Gasteiger partial charge in [0.2, 0.25) is 0 Å². The van der Waals surface area contributed by atoms with Crippen LogP contribution in [0.5, 0.6) is 0 Å². The van der Waals surface area contributed by atoms with E-state index in [1.807, 2.05) is 12.1 Å². The molecule has 17 heavy (non-hydrogen) atoms. The van der Waals surface area contributed by atoms with Gasteiger partial charge in [-0.25, -0.2) is 4.98 Å². The van der Waals surface area contributed by atoms with Gasteiger partial charge in [0.1, 0.15) is 11.8 Å². The Labute approximate surface area is 103 Å². The summed E-state index contributed by atoms with van der Waals surface area (Å²) in [5, 5.41) is 12.0. The maximum absolute atomic E-state index is 8.73. The number of likely N-dealkylation sites (N-methyl/N-ethyl adjacent to an activating group) is 1. The van der Waals surface area contributed by atoms with E-state index in [9.17, 15) is 0 Å². The summed E-state index contributed by atoms with van der Waals surface area (Å²) in [5.41, 5.74) is 1.40. The van der Waals surface area contributed by atoms with E-state index in [0.717, 1.165) is 25.2 Å². The number of hydrogen-bond acceptors (Lipinski definition) is 4. The molecule has 0 aliphatic heterocycles. The molecule has 0 saturated carbocycles. The van der Waals surface area contributed by atoms with Crippen LogP contribution in [0.4, 0.5) is 5.69 Å². The van der Waals surface area contributed by atoms with E-state index in [1.54, 1.807) is 12.3 Å². The van der Waals surface area contributed by atoms with Crippen LogP contribution in [0.3, 0.4) is 0 Å². The molecule has 0 aliphatic carbocycles. The normalized spacial score (nSPS) is 12.2. The van der Waals surface area contributed by atoms with E-state index in [0.29, 0.717) is 11.7 Å². The molecule has 1 N–H and O–H groups in total. The van der Waals surface area contributed by atoms with Crippen molar-refractivity contribution in [1.29, 1.82) is 5.26 Å². The fourth-order valence-corrected chi connectivity index (χ4v) is 1.51. The zero-order valence-electron chi connectivity index (χ0n) is 10.8. The molecule has 1 heterocycles. The van der Waals surface area contributed by atoms with Crippen molar-refractivity contribution < 1.29 is 0 Å². The molecule has 0 fully saturated rings. The average Bonchev–Trinajstić information content (AvgIpc) is 2.37. The Morgan fingerprint density at radius 3 is 3.00 bits per heavy atom. The molecule has 92 valence electrons. The first-order valence-corrected chi connectivity index (χ1v) is 5.97. The number of nitrogens with one attached hydrogen (secondary N) is 1. The molecule has 1 aromatic heterocycles. The topological polar surface area (TPSA) is 52.0 Å². The predicted octanol–water partition coefficient (Wildman–Crippen LogP) is 2.10. The van der Waals surface area contributed by atoms with Crippen LogP contribution in [-0.4, -0.2) is 36.1 Å². The van der Waals surface area contributed by atoms with Gasteiger partial charge in [-0.1, -0.05) is 6.92 Å². The number of nitrogens with zero attached hydrogens (tertiary/aromatic N) is 3. The molecule has 4 heteroatoms. The van der Waals surface area contributed by atoms with Gasteiger partial charge in [-0.15, -0.1) is 0 Å². The fourth-order valence-electron chi connectivity index (χ4n) is 1.51. The highest BCUT2D eigenvalue weighted by Gasteiger charge is 2.05. The Balaban J connectivity index is 2.38. The van der Waals surface area contributed by atoms with Gasteiger partial charge in [0.15, 0.2) is 0 Å². The third-order valence-corrected chi connectivity index (χ3v) is 3.01. The van der Waals surface area contributed by atoms with Crippen LogP contribution >= 0.6 is 0 Å². The first-order valence-electron chi connectivity index (χ1n) is 5.97. The van der Waals surface area contributed by atoms with E-state index >= 15 is 0 Å². The predicted molar refractivity (Wildman–Crippen MR) is 69.8 cm³/mol. The summed E-state index contributed by atoms with van der Waals surface area (Å²) in [7, 11) is 2.13. The summed E-state index contributed by atoms with van der Waals surface area (Å²) in [6.45, 7) is 6.27. The summed E-state index contributed by atoms with van der Waals surface area (Å²) < 4.78 is 0. The number of hydrogen-bond donors (Lipinski definition) is 1. The van der Waals surface area contributed by atoms with Gasteiger partial charge >= 0.3 is 0 Å². The SMILES string of the molecule is CCC(C)N(C)CCNc1ccnc(C#N)c1. The van der Waals surface area contributed by atoms with Crippen molar-refractivity contribution in [2.45, 2.75) is 26.3 Å².